The molecule has 1 N–H and O–H groups in total. The summed E-state index contributed by atoms with van der Waals surface area (Å²) in [5.74, 6) is 2.66. The van der Waals surface area contributed by atoms with Crippen LogP contribution in [-0.2, 0) is 0 Å². The van der Waals surface area contributed by atoms with Crippen molar-refractivity contribution < 1.29 is 0 Å². The molecule has 1 saturated heterocycles. The third-order valence-electron chi connectivity index (χ3n) is 4.84. The van der Waals surface area contributed by atoms with Gasteiger partial charge in [0.15, 0.2) is 0 Å². The van der Waals surface area contributed by atoms with Gasteiger partial charge in [-0.05, 0) is 30.7 Å². The Bertz CT molecular complexity index is 847. The number of aromatic nitrogens is 3. The van der Waals surface area contributed by atoms with Crippen LogP contribution in [-0.4, -0.2) is 41.1 Å². The lowest BCUT2D eigenvalue weighted by molar-refractivity contribution is 0.634. The third-order valence-corrected chi connectivity index (χ3v) is 4.84. The van der Waals surface area contributed by atoms with E-state index in [0.717, 1.165) is 43.8 Å². The minimum atomic E-state index is 0.190. The molecule has 138 valence electrons. The fourth-order valence-corrected chi connectivity index (χ4v) is 3.30. The summed E-state index contributed by atoms with van der Waals surface area (Å²) in [6.07, 6.45) is 3.67. The van der Waals surface area contributed by atoms with Crippen molar-refractivity contribution in [1.82, 2.24) is 15.0 Å². The molecule has 1 aliphatic heterocycles. The van der Waals surface area contributed by atoms with Crippen molar-refractivity contribution in [1.29, 1.82) is 0 Å². The molecule has 0 bridgehead atoms. The summed E-state index contributed by atoms with van der Waals surface area (Å²) < 4.78 is 0. The molecule has 27 heavy (non-hydrogen) atoms. The first-order chi connectivity index (χ1) is 13.3. The Kier molecular flexibility index (Phi) is 5.14. The van der Waals surface area contributed by atoms with Crippen LogP contribution < -0.4 is 15.1 Å². The van der Waals surface area contributed by atoms with Gasteiger partial charge in [0.25, 0.3) is 0 Å². The SMILES string of the molecule is CC(Nc1ccnc(N2CCN(c3ccccn3)CC2)n1)c1ccccc1. The normalized spacial score (nSPS) is 15.4. The predicted octanol–water partition coefficient (Wildman–Crippen LogP) is 3.37. The van der Waals surface area contributed by atoms with E-state index >= 15 is 0 Å². The first-order valence-electron chi connectivity index (χ1n) is 9.35. The molecule has 4 rings (SSSR count). The summed E-state index contributed by atoms with van der Waals surface area (Å²) in [6.45, 7) is 5.74. The van der Waals surface area contributed by atoms with Crippen molar-refractivity contribution in [2.75, 3.05) is 41.3 Å². The number of nitrogens with one attached hydrogen (secondary N) is 1. The van der Waals surface area contributed by atoms with Crippen molar-refractivity contribution in [3.63, 3.8) is 0 Å². The average molecular weight is 360 g/mol. The summed E-state index contributed by atoms with van der Waals surface area (Å²) in [6, 6.07) is 18.5. The van der Waals surface area contributed by atoms with Crippen LogP contribution in [0.5, 0.6) is 0 Å². The molecular weight excluding hydrogens is 336 g/mol. The fraction of sp³-hybridized carbons (Fsp3) is 0.286. The Morgan fingerprint density at radius 3 is 2.30 bits per heavy atom. The number of nitrogens with zero attached hydrogens (tertiary/aromatic N) is 5. The minimum Gasteiger partial charge on any atom is -0.363 e. The molecule has 0 amide bonds. The number of piperazine rings is 1. The maximum Gasteiger partial charge on any atom is 0.227 e. The van der Waals surface area contributed by atoms with Gasteiger partial charge in [-0.3, -0.25) is 0 Å². The van der Waals surface area contributed by atoms with E-state index in [1.807, 2.05) is 36.7 Å². The Hall–Kier alpha value is -3.15. The van der Waals surface area contributed by atoms with Gasteiger partial charge < -0.3 is 15.1 Å². The lowest BCUT2D eigenvalue weighted by atomic mass is 10.1. The lowest BCUT2D eigenvalue weighted by Crippen LogP contribution is -2.47. The van der Waals surface area contributed by atoms with E-state index in [1.54, 1.807) is 0 Å². The molecule has 0 radical (unpaired) electrons. The number of hydrogen-bond acceptors (Lipinski definition) is 6. The molecular formula is C21H24N6. The summed E-state index contributed by atoms with van der Waals surface area (Å²) in [5.41, 5.74) is 1.24. The first kappa shape index (κ1) is 17.3. The summed E-state index contributed by atoms with van der Waals surface area (Å²) in [7, 11) is 0. The van der Waals surface area contributed by atoms with Gasteiger partial charge in [0, 0.05) is 44.6 Å². The fourth-order valence-electron chi connectivity index (χ4n) is 3.30. The van der Waals surface area contributed by atoms with Gasteiger partial charge in [-0.25, -0.2) is 9.97 Å². The molecule has 1 aromatic carbocycles. The Labute approximate surface area is 159 Å². The molecule has 0 aliphatic carbocycles. The summed E-state index contributed by atoms with van der Waals surface area (Å²) >= 11 is 0. The molecule has 0 saturated carbocycles. The van der Waals surface area contributed by atoms with Crippen LogP contribution in [0.15, 0.2) is 67.0 Å². The highest BCUT2D eigenvalue weighted by molar-refractivity contribution is 5.46. The van der Waals surface area contributed by atoms with Crippen molar-refractivity contribution in [2.24, 2.45) is 0 Å². The second-order valence-corrected chi connectivity index (χ2v) is 6.68. The topological polar surface area (TPSA) is 57.2 Å². The van der Waals surface area contributed by atoms with E-state index in [9.17, 15) is 0 Å². The molecule has 2 aromatic heterocycles. The predicted molar refractivity (Wildman–Crippen MR) is 109 cm³/mol. The summed E-state index contributed by atoms with van der Waals surface area (Å²) in [5, 5.41) is 3.47. The van der Waals surface area contributed by atoms with Crippen molar-refractivity contribution in [3.05, 3.63) is 72.6 Å². The molecule has 1 unspecified atom stereocenters. The quantitative estimate of drug-likeness (QED) is 0.753. The van der Waals surface area contributed by atoms with Gasteiger partial charge >= 0.3 is 0 Å². The van der Waals surface area contributed by atoms with E-state index in [2.05, 4.69) is 62.3 Å². The standard InChI is InChI=1S/C21H24N6/c1-17(18-7-3-2-4-8-18)24-19-10-12-23-21(25-19)27-15-13-26(14-16-27)20-9-5-6-11-22-20/h2-12,17H,13-16H2,1H3,(H,23,24,25). The first-order valence-corrected chi connectivity index (χ1v) is 9.35. The number of pyridine rings is 1. The monoisotopic (exact) mass is 360 g/mol. The van der Waals surface area contributed by atoms with Gasteiger partial charge in [-0.15, -0.1) is 0 Å². The van der Waals surface area contributed by atoms with E-state index in [4.69, 9.17) is 4.98 Å². The Morgan fingerprint density at radius 2 is 1.56 bits per heavy atom. The molecule has 1 fully saturated rings. The molecule has 1 aliphatic rings. The molecule has 6 nitrogen and oxygen atoms in total. The van der Waals surface area contributed by atoms with Crippen LogP contribution in [0.3, 0.4) is 0 Å². The number of rotatable bonds is 5. The minimum absolute atomic E-state index is 0.190. The van der Waals surface area contributed by atoms with Crippen LogP contribution in [0.25, 0.3) is 0 Å². The molecule has 6 heteroatoms. The molecule has 3 aromatic rings. The van der Waals surface area contributed by atoms with Crippen LogP contribution in [0.4, 0.5) is 17.6 Å². The highest BCUT2D eigenvalue weighted by atomic mass is 15.3. The zero-order chi connectivity index (χ0) is 18.5. The van der Waals surface area contributed by atoms with Gasteiger partial charge in [0.1, 0.15) is 11.6 Å². The zero-order valence-electron chi connectivity index (χ0n) is 15.5. The van der Waals surface area contributed by atoms with Crippen LogP contribution in [0, 0.1) is 0 Å². The van der Waals surface area contributed by atoms with Crippen LogP contribution in [0.1, 0.15) is 18.5 Å². The van der Waals surface area contributed by atoms with Gasteiger partial charge in [-0.1, -0.05) is 36.4 Å². The zero-order valence-corrected chi connectivity index (χ0v) is 15.5. The average Bonchev–Trinajstić information content (AvgIpc) is 2.75. The van der Waals surface area contributed by atoms with Crippen molar-refractivity contribution in [3.8, 4) is 0 Å². The third kappa shape index (κ3) is 4.16. The highest BCUT2D eigenvalue weighted by Gasteiger charge is 2.20. The maximum atomic E-state index is 4.73. The lowest BCUT2D eigenvalue weighted by Gasteiger charge is -2.35. The molecule has 1 atom stereocenters. The number of hydrogen-bond donors (Lipinski definition) is 1. The Balaban J connectivity index is 1.40. The van der Waals surface area contributed by atoms with E-state index in [0.29, 0.717) is 0 Å². The summed E-state index contributed by atoms with van der Waals surface area (Å²) in [4.78, 5) is 18.2. The molecule has 3 heterocycles. The number of anilines is 3. The molecule has 0 spiro atoms. The van der Waals surface area contributed by atoms with E-state index in [1.165, 1.54) is 5.56 Å². The second kappa shape index (κ2) is 8.03. The maximum absolute atomic E-state index is 4.73. The van der Waals surface area contributed by atoms with Gasteiger partial charge in [-0.2, -0.15) is 4.98 Å². The largest absolute Gasteiger partial charge is 0.363 e. The van der Waals surface area contributed by atoms with Crippen molar-refractivity contribution in [2.45, 2.75) is 13.0 Å². The van der Waals surface area contributed by atoms with Crippen molar-refractivity contribution >= 4 is 17.6 Å². The van der Waals surface area contributed by atoms with Gasteiger partial charge in [0.05, 0.1) is 0 Å². The number of benzene rings is 1. The van der Waals surface area contributed by atoms with Gasteiger partial charge in [0.2, 0.25) is 5.95 Å². The van der Waals surface area contributed by atoms with Crippen LogP contribution >= 0.6 is 0 Å². The highest BCUT2D eigenvalue weighted by Crippen LogP contribution is 2.20. The van der Waals surface area contributed by atoms with E-state index in [-0.39, 0.29) is 6.04 Å². The smallest absolute Gasteiger partial charge is 0.227 e. The second-order valence-electron chi connectivity index (χ2n) is 6.68. The Morgan fingerprint density at radius 1 is 0.815 bits per heavy atom. The van der Waals surface area contributed by atoms with Crippen LogP contribution in [0.2, 0.25) is 0 Å². The van der Waals surface area contributed by atoms with E-state index < -0.39 is 0 Å².